The van der Waals surface area contributed by atoms with Gasteiger partial charge in [-0.05, 0) is 26.8 Å². The molecule has 1 aliphatic heterocycles. The maximum absolute atomic E-state index is 6.32. The molecule has 0 aromatic carbocycles. The van der Waals surface area contributed by atoms with Gasteiger partial charge in [-0.1, -0.05) is 20.3 Å². The summed E-state index contributed by atoms with van der Waals surface area (Å²) in [5.74, 6) is 0. The van der Waals surface area contributed by atoms with E-state index in [1.54, 1.807) is 0 Å². The smallest absolute Gasteiger partial charge is 0.0254 e. The van der Waals surface area contributed by atoms with E-state index in [0.717, 1.165) is 13.0 Å². The van der Waals surface area contributed by atoms with E-state index >= 15 is 0 Å². The quantitative estimate of drug-likeness (QED) is 0.773. The van der Waals surface area contributed by atoms with Gasteiger partial charge in [0, 0.05) is 37.8 Å². The minimum atomic E-state index is -0.0111. The number of nitrogens with zero attached hydrogens (tertiary/aromatic N) is 2. The molecule has 3 nitrogen and oxygen atoms in total. The average Bonchev–Trinajstić information content (AvgIpc) is 2.17. The van der Waals surface area contributed by atoms with Crippen LogP contribution in [0.15, 0.2) is 0 Å². The van der Waals surface area contributed by atoms with Gasteiger partial charge >= 0.3 is 0 Å². The van der Waals surface area contributed by atoms with Crippen molar-refractivity contribution in [3.05, 3.63) is 0 Å². The Morgan fingerprint density at radius 2 is 2.00 bits per heavy atom. The first-order valence-electron chi connectivity index (χ1n) is 6.73. The predicted molar refractivity (Wildman–Crippen MR) is 70.6 cm³/mol. The third-order valence-corrected chi connectivity index (χ3v) is 3.66. The third-order valence-electron chi connectivity index (χ3n) is 3.66. The lowest BCUT2D eigenvalue weighted by Crippen LogP contribution is -2.56. The normalized spacial score (nSPS) is 27.9. The Kier molecular flexibility index (Phi) is 5.22. The number of likely N-dealkylation sites (N-methyl/N-ethyl adjacent to an activating group) is 1. The van der Waals surface area contributed by atoms with Crippen LogP contribution in [0.1, 0.15) is 40.5 Å². The van der Waals surface area contributed by atoms with E-state index in [-0.39, 0.29) is 5.54 Å². The first-order chi connectivity index (χ1) is 7.48. The van der Waals surface area contributed by atoms with Gasteiger partial charge in [-0.3, -0.25) is 9.80 Å². The molecule has 0 aliphatic carbocycles. The van der Waals surface area contributed by atoms with Gasteiger partial charge in [-0.25, -0.2) is 0 Å². The van der Waals surface area contributed by atoms with Crippen molar-refractivity contribution in [2.45, 2.75) is 52.1 Å². The molecule has 0 radical (unpaired) electrons. The molecule has 1 heterocycles. The van der Waals surface area contributed by atoms with Gasteiger partial charge in [-0.15, -0.1) is 0 Å². The molecule has 1 saturated heterocycles. The van der Waals surface area contributed by atoms with Crippen molar-refractivity contribution in [3.8, 4) is 0 Å². The van der Waals surface area contributed by atoms with Crippen LogP contribution in [0.4, 0.5) is 0 Å². The number of hydrogen-bond donors (Lipinski definition) is 1. The number of hydrogen-bond acceptors (Lipinski definition) is 3. The minimum absolute atomic E-state index is 0.0111. The lowest BCUT2D eigenvalue weighted by molar-refractivity contribution is 0.0728. The SMILES string of the molecule is CCCC(C)(N)CN1CCN(CC)C(C)C1. The molecule has 1 rings (SSSR count). The van der Waals surface area contributed by atoms with Crippen molar-refractivity contribution < 1.29 is 0 Å². The Balaban J connectivity index is 2.40. The predicted octanol–water partition coefficient (Wildman–Crippen LogP) is 1.53. The molecule has 96 valence electrons. The third kappa shape index (κ3) is 4.04. The first-order valence-corrected chi connectivity index (χ1v) is 6.73. The second-order valence-corrected chi connectivity index (χ2v) is 5.62. The number of nitrogens with two attached hydrogens (primary N) is 1. The van der Waals surface area contributed by atoms with Gasteiger partial charge in [0.2, 0.25) is 0 Å². The summed E-state index contributed by atoms with van der Waals surface area (Å²) in [6.45, 7) is 14.7. The lowest BCUT2D eigenvalue weighted by Gasteiger charge is -2.42. The maximum atomic E-state index is 6.32. The molecule has 2 atom stereocenters. The molecule has 16 heavy (non-hydrogen) atoms. The van der Waals surface area contributed by atoms with Gasteiger partial charge < -0.3 is 5.73 Å². The number of rotatable bonds is 5. The van der Waals surface area contributed by atoms with Gasteiger partial charge in [-0.2, -0.15) is 0 Å². The minimum Gasteiger partial charge on any atom is -0.324 e. The van der Waals surface area contributed by atoms with E-state index in [4.69, 9.17) is 5.73 Å². The molecule has 1 aliphatic rings. The van der Waals surface area contributed by atoms with E-state index < -0.39 is 0 Å². The highest BCUT2D eigenvalue weighted by atomic mass is 15.3. The highest BCUT2D eigenvalue weighted by Gasteiger charge is 2.27. The van der Waals surface area contributed by atoms with Gasteiger partial charge in [0.15, 0.2) is 0 Å². The maximum Gasteiger partial charge on any atom is 0.0254 e. The van der Waals surface area contributed by atoms with Gasteiger partial charge in [0.05, 0.1) is 0 Å². The molecule has 0 saturated carbocycles. The van der Waals surface area contributed by atoms with Crippen LogP contribution in [-0.4, -0.2) is 54.1 Å². The zero-order chi connectivity index (χ0) is 12.2. The van der Waals surface area contributed by atoms with Crippen molar-refractivity contribution in [1.29, 1.82) is 0 Å². The zero-order valence-corrected chi connectivity index (χ0v) is 11.5. The fourth-order valence-corrected chi connectivity index (χ4v) is 2.85. The summed E-state index contributed by atoms with van der Waals surface area (Å²) in [6, 6.07) is 0.677. The van der Waals surface area contributed by atoms with E-state index in [1.165, 1.54) is 32.6 Å². The van der Waals surface area contributed by atoms with Crippen molar-refractivity contribution in [1.82, 2.24) is 9.80 Å². The monoisotopic (exact) mass is 227 g/mol. The highest BCUT2D eigenvalue weighted by molar-refractivity contribution is 4.86. The average molecular weight is 227 g/mol. The molecule has 1 fully saturated rings. The summed E-state index contributed by atoms with van der Waals surface area (Å²) < 4.78 is 0. The molecule has 3 heteroatoms. The number of piperazine rings is 1. The largest absolute Gasteiger partial charge is 0.324 e. The van der Waals surface area contributed by atoms with Crippen LogP contribution >= 0.6 is 0 Å². The molecular weight excluding hydrogens is 198 g/mol. The van der Waals surface area contributed by atoms with Crippen molar-refractivity contribution in [3.63, 3.8) is 0 Å². The molecule has 2 N–H and O–H groups in total. The molecular formula is C13H29N3. The summed E-state index contributed by atoms with van der Waals surface area (Å²) in [5, 5.41) is 0. The van der Waals surface area contributed by atoms with E-state index in [9.17, 15) is 0 Å². The summed E-state index contributed by atoms with van der Waals surface area (Å²) in [7, 11) is 0. The molecule has 0 aromatic rings. The fraction of sp³-hybridized carbons (Fsp3) is 1.00. The van der Waals surface area contributed by atoms with Crippen LogP contribution in [0.5, 0.6) is 0 Å². The topological polar surface area (TPSA) is 32.5 Å². The molecule has 0 spiro atoms. The summed E-state index contributed by atoms with van der Waals surface area (Å²) in [5.41, 5.74) is 6.30. The summed E-state index contributed by atoms with van der Waals surface area (Å²) in [6.07, 6.45) is 2.30. The zero-order valence-electron chi connectivity index (χ0n) is 11.5. The molecule has 0 amide bonds. The first kappa shape index (κ1) is 13.9. The van der Waals surface area contributed by atoms with Crippen LogP contribution in [-0.2, 0) is 0 Å². The van der Waals surface area contributed by atoms with E-state index in [2.05, 4.69) is 37.5 Å². The molecule has 0 aromatic heterocycles. The fourth-order valence-electron chi connectivity index (χ4n) is 2.85. The lowest BCUT2D eigenvalue weighted by atomic mass is 9.96. The molecule has 2 unspecified atom stereocenters. The highest BCUT2D eigenvalue weighted by Crippen LogP contribution is 2.15. The second-order valence-electron chi connectivity index (χ2n) is 5.62. The Morgan fingerprint density at radius 1 is 1.31 bits per heavy atom. The summed E-state index contributed by atoms with van der Waals surface area (Å²) >= 11 is 0. The Morgan fingerprint density at radius 3 is 2.50 bits per heavy atom. The van der Waals surface area contributed by atoms with Crippen molar-refractivity contribution in [2.24, 2.45) is 5.73 Å². The second kappa shape index (κ2) is 5.99. The Hall–Kier alpha value is -0.120. The summed E-state index contributed by atoms with van der Waals surface area (Å²) in [4.78, 5) is 5.08. The van der Waals surface area contributed by atoms with Crippen LogP contribution in [0.2, 0.25) is 0 Å². The standard InChI is InChI=1S/C13H29N3/c1-5-7-13(4,14)11-15-8-9-16(6-2)12(3)10-15/h12H,5-11,14H2,1-4H3. The van der Waals surface area contributed by atoms with E-state index in [1.807, 2.05) is 0 Å². The van der Waals surface area contributed by atoms with Crippen molar-refractivity contribution >= 4 is 0 Å². The van der Waals surface area contributed by atoms with Gasteiger partial charge in [0.25, 0.3) is 0 Å². The Bertz CT molecular complexity index is 203. The van der Waals surface area contributed by atoms with Crippen LogP contribution < -0.4 is 5.73 Å². The van der Waals surface area contributed by atoms with Crippen LogP contribution in [0, 0.1) is 0 Å². The van der Waals surface area contributed by atoms with E-state index in [0.29, 0.717) is 6.04 Å². The van der Waals surface area contributed by atoms with Gasteiger partial charge in [0.1, 0.15) is 0 Å². The van der Waals surface area contributed by atoms with Crippen molar-refractivity contribution in [2.75, 3.05) is 32.7 Å². The molecule has 0 bridgehead atoms. The van der Waals surface area contributed by atoms with Crippen LogP contribution in [0.25, 0.3) is 0 Å². The van der Waals surface area contributed by atoms with Crippen LogP contribution in [0.3, 0.4) is 0 Å². The Labute approximate surface area is 101 Å².